The van der Waals surface area contributed by atoms with Crippen molar-refractivity contribution >= 4 is 86.0 Å². The molecule has 0 aliphatic heterocycles. The molecule has 1 heterocycles. The van der Waals surface area contributed by atoms with Gasteiger partial charge in [0.15, 0.2) is 11.6 Å². The molecule has 3 aromatic rings. The van der Waals surface area contributed by atoms with E-state index in [-0.39, 0.29) is 11.6 Å². The first-order valence-corrected chi connectivity index (χ1v) is 12.1. The van der Waals surface area contributed by atoms with E-state index in [2.05, 4.69) is 63.5 Å². The molecule has 32 heavy (non-hydrogen) atoms. The van der Waals surface area contributed by atoms with Crippen LogP contribution in [-0.2, 0) is 13.0 Å². The van der Waals surface area contributed by atoms with Gasteiger partial charge in [-0.25, -0.2) is 15.0 Å². The molecule has 1 unspecified atom stereocenters. The molecule has 0 N–H and O–H groups in total. The summed E-state index contributed by atoms with van der Waals surface area (Å²) in [5.74, 6) is 0.222. The molecule has 0 saturated carbocycles. The molecule has 4 rings (SSSR count). The van der Waals surface area contributed by atoms with E-state index in [0.717, 1.165) is 11.1 Å². The van der Waals surface area contributed by atoms with Crippen molar-refractivity contribution in [3.05, 3.63) is 83.7 Å². The van der Waals surface area contributed by atoms with Crippen LogP contribution >= 0.6 is 69.6 Å². The number of alkyl halides is 6. The second-order valence-electron chi connectivity index (χ2n) is 7.54. The predicted molar refractivity (Wildman–Crippen MR) is 136 cm³/mol. The van der Waals surface area contributed by atoms with Gasteiger partial charge in [0.05, 0.1) is 5.41 Å². The van der Waals surface area contributed by atoms with Gasteiger partial charge in [0, 0.05) is 0 Å². The van der Waals surface area contributed by atoms with Gasteiger partial charge in [-0.3, -0.25) is 0 Å². The molecule has 0 spiro atoms. The molecule has 3 nitrogen and oxygen atoms in total. The van der Waals surface area contributed by atoms with E-state index in [1.54, 1.807) is 0 Å². The molecule has 0 amide bonds. The van der Waals surface area contributed by atoms with Crippen LogP contribution in [0.15, 0.2) is 60.7 Å². The molecule has 1 aliphatic rings. The average Bonchev–Trinajstić information content (AvgIpc) is 2.77. The van der Waals surface area contributed by atoms with Gasteiger partial charge in [-0.2, -0.15) is 0 Å². The first kappa shape index (κ1) is 24.1. The SMILES string of the molecule is CCC1(c2nc(C(Cl)(Cl)Cl)nc(C(Cl)(Cl)Cl)n2)C=CC(c2cccc3ccccc23)=CC1. The molecule has 0 fully saturated rings. The Morgan fingerprint density at radius 2 is 1.47 bits per heavy atom. The lowest BCUT2D eigenvalue weighted by Crippen LogP contribution is -2.30. The van der Waals surface area contributed by atoms with Crippen LogP contribution < -0.4 is 0 Å². The van der Waals surface area contributed by atoms with Crippen molar-refractivity contribution in [3.63, 3.8) is 0 Å². The van der Waals surface area contributed by atoms with Crippen molar-refractivity contribution in [2.75, 3.05) is 0 Å². The molecule has 0 saturated heterocycles. The van der Waals surface area contributed by atoms with Crippen molar-refractivity contribution in [2.45, 2.75) is 32.8 Å². The van der Waals surface area contributed by atoms with E-state index in [0.29, 0.717) is 18.7 Å². The topological polar surface area (TPSA) is 38.7 Å². The normalized spacial score (nSPS) is 19.3. The maximum atomic E-state index is 6.06. The summed E-state index contributed by atoms with van der Waals surface area (Å²) in [6.07, 6.45) is 7.62. The molecule has 2 aromatic carbocycles. The van der Waals surface area contributed by atoms with E-state index < -0.39 is 13.0 Å². The van der Waals surface area contributed by atoms with Crippen molar-refractivity contribution in [1.82, 2.24) is 15.0 Å². The van der Waals surface area contributed by atoms with Crippen molar-refractivity contribution in [3.8, 4) is 0 Å². The Morgan fingerprint density at radius 3 is 2.03 bits per heavy atom. The fourth-order valence-corrected chi connectivity index (χ4v) is 4.30. The smallest absolute Gasteiger partial charge is 0.212 e. The fourth-order valence-electron chi connectivity index (χ4n) is 3.79. The Labute approximate surface area is 216 Å². The Morgan fingerprint density at radius 1 is 0.844 bits per heavy atom. The molecule has 9 heteroatoms. The summed E-state index contributed by atoms with van der Waals surface area (Å²) in [5.41, 5.74) is 1.71. The van der Waals surface area contributed by atoms with E-state index in [1.807, 2.05) is 19.1 Å². The highest BCUT2D eigenvalue weighted by Crippen LogP contribution is 2.43. The second-order valence-corrected chi connectivity index (χ2v) is 12.1. The van der Waals surface area contributed by atoms with Gasteiger partial charge < -0.3 is 0 Å². The minimum absolute atomic E-state index is 0.0844. The summed E-state index contributed by atoms with van der Waals surface area (Å²) in [6.45, 7) is 2.04. The Bertz CT molecular complexity index is 1190. The Kier molecular flexibility index (Phi) is 6.72. The minimum atomic E-state index is -1.89. The van der Waals surface area contributed by atoms with Gasteiger partial charge >= 0.3 is 0 Å². The van der Waals surface area contributed by atoms with Crippen LogP contribution in [0.2, 0.25) is 0 Å². The summed E-state index contributed by atoms with van der Waals surface area (Å²) in [5, 5.41) is 2.37. The molecule has 1 aromatic heterocycles. The number of benzene rings is 2. The number of nitrogens with zero attached hydrogens (tertiary/aromatic N) is 3. The molecular formula is C23H17Cl6N3. The largest absolute Gasteiger partial charge is 0.250 e. The number of rotatable bonds is 3. The third-order valence-electron chi connectivity index (χ3n) is 5.59. The van der Waals surface area contributed by atoms with E-state index in [4.69, 9.17) is 69.6 Å². The van der Waals surface area contributed by atoms with Gasteiger partial charge in [0.25, 0.3) is 0 Å². The summed E-state index contributed by atoms with van der Waals surface area (Å²) in [4.78, 5) is 13.0. The first-order valence-electron chi connectivity index (χ1n) is 9.82. The monoisotopic (exact) mass is 545 g/mol. The van der Waals surface area contributed by atoms with Gasteiger partial charge in [-0.1, -0.05) is 137 Å². The van der Waals surface area contributed by atoms with Crippen molar-refractivity contribution < 1.29 is 0 Å². The van der Waals surface area contributed by atoms with E-state index in [1.165, 1.54) is 10.8 Å². The number of aromatic nitrogens is 3. The maximum Gasteiger partial charge on any atom is 0.250 e. The van der Waals surface area contributed by atoms with Crippen LogP contribution in [0.5, 0.6) is 0 Å². The quantitative estimate of drug-likeness (QED) is 0.309. The van der Waals surface area contributed by atoms with E-state index >= 15 is 0 Å². The summed E-state index contributed by atoms with van der Waals surface area (Å²) in [7, 11) is 0. The summed E-state index contributed by atoms with van der Waals surface area (Å²) in [6, 6.07) is 14.6. The highest BCUT2D eigenvalue weighted by Gasteiger charge is 2.39. The number of allylic oxidation sites excluding steroid dienone is 4. The Hall–Kier alpha value is -1.07. The second kappa shape index (κ2) is 8.94. The highest BCUT2D eigenvalue weighted by atomic mass is 35.6. The van der Waals surface area contributed by atoms with Crippen LogP contribution in [0.3, 0.4) is 0 Å². The third kappa shape index (κ3) is 4.75. The number of fused-ring (bicyclic) bond motifs is 1. The lowest BCUT2D eigenvalue weighted by Gasteiger charge is -2.31. The molecule has 1 atom stereocenters. The average molecular weight is 548 g/mol. The predicted octanol–water partition coefficient (Wildman–Crippen LogP) is 8.37. The van der Waals surface area contributed by atoms with Crippen LogP contribution in [-0.4, -0.2) is 15.0 Å². The van der Waals surface area contributed by atoms with Crippen LogP contribution in [0.4, 0.5) is 0 Å². The van der Waals surface area contributed by atoms with Crippen LogP contribution in [0.1, 0.15) is 42.8 Å². The Balaban J connectivity index is 1.78. The summed E-state index contributed by atoms with van der Waals surface area (Å²) < 4.78 is -3.78. The zero-order chi connectivity index (χ0) is 23.1. The zero-order valence-corrected chi connectivity index (χ0v) is 21.3. The lowest BCUT2D eigenvalue weighted by atomic mass is 9.76. The van der Waals surface area contributed by atoms with Gasteiger partial charge in [0.1, 0.15) is 5.82 Å². The van der Waals surface area contributed by atoms with Gasteiger partial charge in [-0.05, 0) is 34.8 Å². The zero-order valence-electron chi connectivity index (χ0n) is 16.8. The maximum absolute atomic E-state index is 6.06. The molecule has 0 bridgehead atoms. The van der Waals surface area contributed by atoms with Gasteiger partial charge in [0.2, 0.25) is 7.59 Å². The van der Waals surface area contributed by atoms with Crippen molar-refractivity contribution in [1.29, 1.82) is 0 Å². The van der Waals surface area contributed by atoms with Gasteiger partial charge in [-0.15, -0.1) is 0 Å². The molecule has 1 aliphatic carbocycles. The number of hydrogen-bond donors (Lipinski definition) is 0. The number of halogens is 6. The van der Waals surface area contributed by atoms with Crippen molar-refractivity contribution in [2.24, 2.45) is 0 Å². The van der Waals surface area contributed by atoms with Crippen LogP contribution in [0, 0.1) is 0 Å². The lowest BCUT2D eigenvalue weighted by molar-refractivity contribution is 0.477. The standard InChI is InChI=1S/C23H17Cl6N3/c1-2-21(18-30-19(22(24,25)26)32-20(31-18)23(27,28)29)12-10-15(11-13-21)17-9-5-7-14-6-3-4-8-16(14)17/h3-12H,2,13H2,1H3. The highest BCUT2D eigenvalue weighted by molar-refractivity contribution is 6.67. The fraction of sp³-hybridized carbons (Fsp3) is 0.261. The summed E-state index contributed by atoms with van der Waals surface area (Å²) >= 11 is 36.3. The first-order chi connectivity index (χ1) is 15.0. The third-order valence-corrected chi connectivity index (χ3v) is 6.60. The minimum Gasteiger partial charge on any atom is -0.212 e. The molecule has 0 radical (unpaired) electrons. The molecular weight excluding hydrogens is 531 g/mol. The number of hydrogen-bond acceptors (Lipinski definition) is 3. The van der Waals surface area contributed by atoms with Crippen LogP contribution in [0.25, 0.3) is 16.3 Å². The van der Waals surface area contributed by atoms with E-state index in [9.17, 15) is 0 Å². The molecule has 166 valence electrons.